The van der Waals surface area contributed by atoms with Gasteiger partial charge in [0.1, 0.15) is 17.7 Å². The zero-order valence-electron chi connectivity index (χ0n) is 17.8. The Labute approximate surface area is 185 Å². The Morgan fingerprint density at radius 1 is 1.22 bits per heavy atom. The van der Waals surface area contributed by atoms with Crippen molar-refractivity contribution in [2.45, 2.75) is 75.7 Å². The first-order chi connectivity index (χ1) is 15.5. The standard InChI is InChI=1S/C22H29F2N5O3/c23-15-5-7-17(24)19(11-15)26-22(31)25-18-8-6-16(32-21(18)13-30)9-10-29-12-20(27-28-29)14-3-1-2-4-14/h5,7,11-12,14,16,18,21,30H,1-4,6,8-10,13H2,(H2,25,26,31)/t16-,18-,21-/m1/s1. The number of urea groups is 1. The van der Waals surface area contributed by atoms with Gasteiger partial charge in [-0.05, 0) is 44.2 Å². The van der Waals surface area contributed by atoms with Gasteiger partial charge in [0, 0.05) is 24.7 Å². The molecule has 0 radical (unpaired) electrons. The molecule has 0 unspecified atom stereocenters. The van der Waals surface area contributed by atoms with E-state index in [-0.39, 0.29) is 18.4 Å². The second kappa shape index (κ2) is 10.4. The molecule has 10 heteroatoms. The Balaban J connectivity index is 1.25. The molecule has 0 spiro atoms. The lowest BCUT2D eigenvalue weighted by Crippen LogP contribution is -2.52. The van der Waals surface area contributed by atoms with Crippen LogP contribution in [0.5, 0.6) is 0 Å². The van der Waals surface area contributed by atoms with Crippen molar-refractivity contribution in [1.82, 2.24) is 20.3 Å². The van der Waals surface area contributed by atoms with Crippen LogP contribution in [-0.4, -0.2) is 51.0 Å². The van der Waals surface area contributed by atoms with Crippen molar-refractivity contribution in [3.05, 3.63) is 41.7 Å². The number of aromatic nitrogens is 3. The molecule has 32 heavy (non-hydrogen) atoms. The third kappa shape index (κ3) is 5.60. The van der Waals surface area contributed by atoms with Crippen molar-refractivity contribution in [2.75, 3.05) is 11.9 Å². The average molecular weight is 450 g/mol. The number of benzene rings is 1. The molecule has 3 N–H and O–H groups in total. The van der Waals surface area contributed by atoms with Crippen molar-refractivity contribution < 1.29 is 23.4 Å². The van der Waals surface area contributed by atoms with Crippen LogP contribution in [0.2, 0.25) is 0 Å². The second-order valence-electron chi connectivity index (χ2n) is 8.56. The highest BCUT2D eigenvalue weighted by Crippen LogP contribution is 2.32. The fourth-order valence-electron chi connectivity index (χ4n) is 4.54. The van der Waals surface area contributed by atoms with Crippen molar-refractivity contribution in [1.29, 1.82) is 0 Å². The van der Waals surface area contributed by atoms with Crippen LogP contribution in [0.4, 0.5) is 19.3 Å². The topological polar surface area (TPSA) is 101 Å². The molecule has 174 valence electrons. The number of amides is 2. The number of aliphatic hydroxyl groups is 1. The lowest BCUT2D eigenvalue weighted by atomic mass is 9.97. The van der Waals surface area contributed by atoms with E-state index in [1.165, 1.54) is 25.7 Å². The highest BCUT2D eigenvalue weighted by molar-refractivity contribution is 5.89. The predicted molar refractivity (Wildman–Crippen MR) is 113 cm³/mol. The summed E-state index contributed by atoms with van der Waals surface area (Å²) in [5.74, 6) is -0.863. The zero-order valence-corrected chi connectivity index (χ0v) is 17.8. The maximum atomic E-state index is 13.7. The molecule has 1 saturated heterocycles. The first-order valence-electron chi connectivity index (χ1n) is 11.2. The van der Waals surface area contributed by atoms with Gasteiger partial charge in [0.2, 0.25) is 0 Å². The average Bonchev–Trinajstić information content (AvgIpc) is 3.47. The summed E-state index contributed by atoms with van der Waals surface area (Å²) in [6.07, 6.45) is 8.22. The number of aliphatic hydroxyl groups excluding tert-OH is 1. The fraction of sp³-hybridized carbons (Fsp3) is 0.591. The van der Waals surface area contributed by atoms with E-state index in [0.717, 1.165) is 30.3 Å². The lowest BCUT2D eigenvalue weighted by molar-refractivity contribution is -0.0905. The van der Waals surface area contributed by atoms with Gasteiger partial charge in [-0.3, -0.25) is 4.68 Å². The van der Waals surface area contributed by atoms with Gasteiger partial charge in [0.25, 0.3) is 0 Å². The van der Waals surface area contributed by atoms with Crippen LogP contribution in [0.3, 0.4) is 0 Å². The minimum absolute atomic E-state index is 0.0759. The molecule has 1 aromatic carbocycles. The summed E-state index contributed by atoms with van der Waals surface area (Å²) < 4.78 is 34.8. The van der Waals surface area contributed by atoms with E-state index in [4.69, 9.17) is 4.74 Å². The number of aryl methyl sites for hydroxylation is 1. The minimum atomic E-state index is -0.732. The summed E-state index contributed by atoms with van der Waals surface area (Å²) in [6, 6.07) is 1.72. The number of rotatable bonds is 7. The number of hydrogen-bond donors (Lipinski definition) is 3. The molecule has 8 nitrogen and oxygen atoms in total. The van der Waals surface area contributed by atoms with E-state index in [1.54, 1.807) is 0 Å². The van der Waals surface area contributed by atoms with E-state index in [1.807, 2.05) is 10.9 Å². The molecule has 3 atom stereocenters. The number of nitrogens with one attached hydrogen (secondary N) is 2. The number of ether oxygens (including phenoxy) is 1. The van der Waals surface area contributed by atoms with Crippen LogP contribution in [0.15, 0.2) is 24.4 Å². The molecule has 2 aromatic rings. The molecule has 1 aliphatic carbocycles. The van der Waals surface area contributed by atoms with E-state index < -0.39 is 29.8 Å². The number of hydrogen-bond acceptors (Lipinski definition) is 5. The zero-order chi connectivity index (χ0) is 22.5. The summed E-state index contributed by atoms with van der Waals surface area (Å²) in [5.41, 5.74) is 0.813. The van der Waals surface area contributed by atoms with Gasteiger partial charge in [-0.15, -0.1) is 5.10 Å². The molecular weight excluding hydrogens is 420 g/mol. The number of halogens is 2. The van der Waals surface area contributed by atoms with Crippen LogP contribution in [0, 0.1) is 11.6 Å². The van der Waals surface area contributed by atoms with Gasteiger partial charge >= 0.3 is 6.03 Å². The summed E-state index contributed by atoms with van der Waals surface area (Å²) in [4.78, 5) is 12.2. The van der Waals surface area contributed by atoms with Gasteiger partial charge in [0.15, 0.2) is 0 Å². The van der Waals surface area contributed by atoms with Gasteiger partial charge in [-0.1, -0.05) is 18.1 Å². The molecule has 2 heterocycles. The minimum Gasteiger partial charge on any atom is -0.394 e. The molecule has 2 aliphatic rings. The van der Waals surface area contributed by atoms with E-state index >= 15 is 0 Å². The first kappa shape index (κ1) is 22.6. The Bertz CT molecular complexity index is 919. The van der Waals surface area contributed by atoms with E-state index in [2.05, 4.69) is 20.9 Å². The Hall–Kier alpha value is -2.59. The normalized spacial score (nSPS) is 23.9. The molecule has 1 aromatic heterocycles. The Morgan fingerprint density at radius 3 is 2.81 bits per heavy atom. The number of carbonyl (C=O) groups is 1. The van der Waals surface area contributed by atoms with Crippen LogP contribution in [0.1, 0.15) is 56.6 Å². The van der Waals surface area contributed by atoms with Crippen molar-refractivity contribution in [2.24, 2.45) is 0 Å². The van der Waals surface area contributed by atoms with Gasteiger partial charge in [-0.25, -0.2) is 13.6 Å². The van der Waals surface area contributed by atoms with Crippen LogP contribution < -0.4 is 10.6 Å². The predicted octanol–water partition coefficient (Wildman–Crippen LogP) is 3.33. The molecule has 1 saturated carbocycles. The van der Waals surface area contributed by atoms with Crippen molar-refractivity contribution in [3.8, 4) is 0 Å². The smallest absolute Gasteiger partial charge is 0.319 e. The highest BCUT2D eigenvalue weighted by atomic mass is 19.1. The summed E-state index contributed by atoms with van der Waals surface area (Å²) in [7, 11) is 0. The van der Waals surface area contributed by atoms with Gasteiger partial charge in [0.05, 0.1) is 30.1 Å². The number of carbonyl (C=O) groups excluding carboxylic acids is 1. The van der Waals surface area contributed by atoms with Gasteiger partial charge < -0.3 is 20.5 Å². The summed E-state index contributed by atoms with van der Waals surface area (Å²) >= 11 is 0. The molecule has 0 bridgehead atoms. The molecule has 1 aliphatic heterocycles. The van der Waals surface area contributed by atoms with Crippen LogP contribution >= 0.6 is 0 Å². The van der Waals surface area contributed by atoms with Crippen LogP contribution in [0.25, 0.3) is 0 Å². The summed E-state index contributed by atoms with van der Waals surface area (Å²) in [6.45, 7) is 0.408. The monoisotopic (exact) mass is 449 g/mol. The quantitative estimate of drug-likeness (QED) is 0.602. The maximum absolute atomic E-state index is 13.7. The third-order valence-electron chi connectivity index (χ3n) is 6.30. The van der Waals surface area contributed by atoms with Crippen LogP contribution in [-0.2, 0) is 11.3 Å². The lowest BCUT2D eigenvalue weighted by Gasteiger charge is -2.36. The summed E-state index contributed by atoms with van der Waals surface area (Å²) in [5, 5.41) is 23.3. The Kier molecular flexibility index (Phi) is 7.31. The molecule has 2 amide bonds. The van der Waals surface area contributed by atoms with Crippen molar-refractivity contribution in [3.63, 3.8) is 0 Å². The molecular formula is C22H29F2N5O3. The molecule has 4 rings (SSSR count). The fourth-order valence-corrected chi connectivity index (χ4v) is 4.54. The third-order valence-corrected chi connectivity index (χ3v) is 6.30. The molecule has 2 fully saturated rings. The van der Waals surface area contributed by atoms with E-state index in [9.17, 15) is 18.7 Å². The second-order valence-corrected chi connectivity index (χ2v) is 8.56. The number of nitrogens with zero attached hydrogens (tertiary/aromatic N) is 3. The first-order valence-corrected chi connectivity index (χ1v) is 11.2. The van der Waals surface area contributed by atoms with Crippen molar-refractivity contribution >= 4 is 11.7 Å². The Morgan fingerprint density at radius 2 is 2.03 bits per heavy atom. The number of anilines is 1. The van der Waals surface area contributed by atoms with Gasteiger partial charge in [-0.2, -0.15) is 0 Å². The largest absolute Gasteiger partial charge is 0.394 e. The highest BCUT2D eigenvalue weighted by Gasteiger charge is 2.32. The van der Waals surface area contributed by atoms with E-state index in [0.29, 0.717) is 25.3 Å². The maximum Gasteiger partial charge on any atom is 0.319 e. The SMILES string of the molecule is O=C(Nc1cc(F)ccc1F)N[C@@H]1CC[C@H](CCn2cc(C3CCCC3)nn2)O[C@@H]1CO.